The van der Waals surface area contributed by atoms with E-state index in [9.17, 15) is 4.79 Å². The van der Waals surface area contributed by atoms with Crippen molar-refractivity contribution >= 4 is 5.97 Å². The quantitative estimate of drug-likeness (QED) is 0.112. The second-order valence-electron chi connectivity index (χ2n) is 9.20. The highest BCUT2D eigenvalue weighted by atomic mass is 16.6. The standard InChI is InChI=1S/C27H55NO4/c1-5-8-11-12-13-14-15-16-17-18-22-31-25-26(32-27(29)19-9-6-2)24-28(4)20-23-30-21-10-7-3/h26H,5-25H2,1-4H3. The third-order valence-corrected chi connectivity index (χ3v) is 5.75. The van der Waals surface area contributed by atoms with Crippen molar-refractivity contribution in [1.29, 1.82) is 0 Å². The zero-order valence-electron chi connectivity index (χ0n) is 22.0. The molecular weight excluding hydrogens is 402 g/mol. The summed E-state index contributed by atoms with van der Waals surface area (Å²) in [6, 6.07) is 0. The van der Waals surface area contributed by atoms with Crippen molar-refractivity contribution in [3.05, 3.63) is 0 Å². The molecule has 0 N–H and O–H groups in total. The van der Waals surface area contributed by atoms with Gasteiger partial charge in [-0.2, -0.15) is 0 Å². The predicted octanol–water partition coefficient (Wildman–Crippen LogP) is 6.77. The summed E-state index contributed by atoms with van der Waals surface area (Å²) < 4.78 is 17.3. The van der Waals surface area contributed by atoms with Crippen molar-refractivity contribution in [3.63, 3.8) is 0 Å². The lowest BCUT2D eigenvalue weighted by Crippen LogP contribution is -2.37. The summed E-state index contributed by atoms with van der Waals surface area (Å²) in [6.07, 6.45) is 17.7. The van der Waals surface area contributed by atoms with Crippen LogP contribution in [0.5, 0.6) is 0 Å². The molecule has 32 heavy (non-hydrogen) atoms. The predicted molar refractivity (Wildman–Crippen MR) is 135 cm³/mol. The first kappa shape index (κ1) is 31.4. The summed E-state index contributed by atoms with van der Waals surface area (Å²) in [4.78, 5) is 14.3. The Bertz CT molecular complexity index is 392. The number of hydrogen-bond acceptors (Lipinski definition) is 5. The zero-order valence-corrected chi connectivity index (χ0v) is 22.0. The van der Waals surface area contributed by atoms with Gasteiger partial charge in [-0.05, 0) is 26.3 Å². The average molecular weight is 458 g/mol. The Morgan fingerprint density at radius 3 is 1.88 bits per heavy atom. The van der Waals surface area contributed by atoms with Crippen LogP contribution in [-0.4, -0.2) is 63.5 Å². The number of nitrogens with zero attached hydrogens (tertiary/aromatic N) is 1. The molecule has 0 aliphatic carbocycles. The number of carbonyl (C=O) groups excluding carboxylic acids is 1. The highest BCUT2D eigenvalue weighted by Gasteiger charge is 2.17. The summed E-state index contributed by atoms with van der Waals surface area (Å²) in [7, 11) is 2.05. The Hall–Kier alpha value is -0.650. The van der Waals surface area contributed by atoms with Crippen molar-refractivity contribution < 1.29 is 19.0 Å². The summed E-state index contributed by atoms with van der Waals surface area (Å²) >= 11 is 0. The molecule has 0 bridgehead atoms. The van der Waals surface area contributed by atoms with Crippen LogP contribution < -0.4 is 0 Å². The van der Waals surface area contributed by atoms with Gasteiger partial charge in [-0.25, -0.2) is 0 Å². The van der Waals surface area contributed by atoms with Crippen molar-refractivity contribution in [2.45, 2.75) is 123 Å². The lowest BCUT2D eigenvalue weighted by atomic mass is 10.1. The third kappa shape index (κ3) is 22.5. The number of hydrogen-bond donors (Lipinski definition) is 0. The second-order valence-corrected chi connectivity index (χ2v) is 9.20. The molecule has 0 saturated heterocycles. The molecule has 0 spiro atoms. The van der Waals surface area contributed by atoms with E-state index >= 15 is 0 Å². The molecule has 0 aromatic carbocycles. The Morgan fingerprint density at radius 2 is 1.25 bits per heavy atom. The van der Waals surface area contributed by atoms with Crippen molar-refractivity contribution in [3.8, 4) is 0 Å². The minimum atomic E-state index is -0.205. The molecule has 192 valence electrons. The van der Waals surface area contributed by atoms with Gasteiger partial charge < -0.3 is 19.1 Å². The van der Waals surface area contributed by atoms with Gasteiger partial charge >= 0.3 is 5.97 Å². The Morgan fingerprint density at radius 1 is 0.688 bits per heavy atom. The van der Waals surface area contributed by atoms with Crippen LogP contribution in [-0.2, 0) is 19.0 Å². The van der Waals surface area contributed by atoms with Crippen molar-refractivity contribution in [2.24, 2.45) is 0 Å². The van der Waals surface area contributed by atoms with E-state index < -0.39 is 0 Å². The molecule has 0 amide bonds. The first-order chi connectivity index (χ1) is 15.6. The molecule has 1 atom stereocenters. The van der Waals surface area contributed by atoms with Crippen LogP contribution in [0.1, 0.15) is 117 Å². The fourth-order valence-corrected chi connectivity index (χ4v) is 3.60. The molecule has 5 nitrogen and oxygen atoms in total. The minimum absolute atomic E-state index is 0.105. The molecule has 0 aromatic heterocycles. The van der Waals surface area contributed by atoms with Gasteiger partial charge in [0.05, 0.1) is 13.2 Å². The largest absolute Gasteiger partial charge is 0.459 e. The van der Waals surface area contributed by atoms with Gasteiger partial charge in [-0.1, -0.05) is 91.4 Å². The molecule has 0 fully saturated rings. The molecule has 5 heteroatoms. The van der Waals surface area contributed by atoms with Crippen LogP contribution >= 0.6 is 0 Å². The van der Waals surface area contributed by atoms with E-state index in [1.54, 1.807) is 0 Å². The van der Waals surface area contributed by atoms with E-state index in [4.69, 9.17) is 14.2 Å². The molecule has 0 aliphatic rings. The smallest absolute Gasteiger partial charge is 0.306 e. The van der Waals surface area contributed by atoms with Gasteiger partial charge in [0.2, 0.25) is 0 Å². The van der Waals surface area contributed by atoms with E-state index in [1.165, 1.54) is 57.8 Å². The van der Waals surface area contributed by atoms with Crippen LogP contribution in [0.3, 0.4) is 0 Å². The molecule has 0 saturated carbocycles. The highest BCUT2D eigenvalue weighted by molar-refractivity contribution is 5.69. The molecule has 0 aliphatic heterocycles. The lowest BCUT2D eigenvalue weighted by Gasteiger charge is -2.24. The number of esters is 1. The summed E-state index contributed by atoms with van der Waals surface area (Å²) in [5.74, 6) is -0.105. The monoisotopic (exact) mass is 457 g/mol. The zero-order chi connectivity index (χ0) is 23.7. The summed E-state index contributed by atoms with van der Waals surface area (Å²) in [5, 5.41) is 0. The number of likely N-dealkylation sites (N-methyl/N-ethyl adjacent to an activating group) is 1. The maximum absolute atomic E-state index is 12.1. The summed E-state index contributed by atoms with van der Waals surface area (Å²) in [5.41, 5.74) is 0. The minimum Gasteiger partial charge on any atom is -0.459 e. The second kappa shape index (κ2) is 25.0. The number of unbranched alkanes of at least 4 members (excludes halogenated alkanes) is 11. The van der Waals surface area contributed by atoms with Crippen LogP contribution in [0.4, 0.5) is 0 Å². The number of rotatable bonds is 25. The molecule has 0 rings (SSSR count). The van der Waals surface area contributed by atoms with E-state index in [-0.39, 0.29) is 12.1 Å². The third-order valence-electron chi connectivity index (χ3n) is 5.75. The number of carbonyl (C=O) groups is 1. The summed E-state index contributed by atoms with van der Waals surface area (Å²) in [6.45, 7) is 10.8. The molecular formula is C27H55NO4. The van der Waals surface area contributed by atoms with E-state index in [1.807, 2.05) is 0 Å². The van der Waals surface area contributed by atoms with Gasteiger partial charge in [-0.3, -0.25) is 4.79 Å². The van der Waals surface area contributed by atoms with Gasteiger partial charge in [-0.15, -0.1) is 0 Å². The molecule has 0 heterocycles. The van der Waals surface area contributed by atoms with Crippen molar-refractivity contribution in [1.82, 2.24) is 4.90 Å². The van der Waals surface area contributed by atoms with Crippen LogP contribution in [0, 0.1) is 0 Å². The Kier molecular flexibility index (Phi) is 24.5. The van der Waals surface area contributed by atoms with Gasteiger partial charge in [0, 0.05) is 32.7 Å². The highest BCUT2D eigenvalue weighted by Crippen LogP contribution is 2.11. The topological polar surface area (TPSA) is 48.0 Å². The van der Waals surface area contributed by atoms with E-state index in [0.29, 0.717) is 26.2 Å². The van der Waals surface area contributed by atoms with E-state index in [2.05, 4.69) is 32.7 Å². The normalized spacial score (nSPS) is 12.4. The van der Waals surface area contributed by atoms with Crippen LogP contribution in [0.15, 0.2) is 0 Å². The SMILES string of the molecule is CCCCCCCCCCCCOCC(CN(C)CCOCCCC)OC(=O)CCCC. The van der Waals surface area contributed by atoms with Crippen LogP contribution in [0.2, 0.25) is 0 Å². The van der Waals surface area contributed by atoms with Gasteiger partial charge in [0.25, 0.3) is 0 Å². The van der Waals surface area contributed by atoms with Crippen LogP contribution in [0.25, 0.3) is 0 Å². The van der Waals surface area contributed by atoms with Gasteiger partial charge in [0.15, 0.2) is 0 Å². The maximum atomic E-state index is 12.1. The fraction of sp³-hybridized carbons (Fsp3) is 0.963. The Labute approximate surface area is 199 Å². The molecule has 0 radical (unpaired) electrons. The van der Waals surface area contributed by atoms with Crippen molar-refractivity contribution in [2.75, 3.05) is 46.6 Å². The number of ether oxygens (including phenoxy) is 3. The molecule has 0 aromatic rings. The fourth-order valence-electron chi connectivity index (χ4n) is 3.60. The van der Waals surface area contributed by atoms with E-state index in [0.717, 1.165) is 51.9 Å². The molecule has 1 unspecified atom stereocenters. The first-order valence-corrected chi connectivity index (χ1v) is 13.7. The average Bonchev–Trinajstić information content (AvgIpc) is 2.78. The van der Waals surface area contributed by atoms with Gasteiger partial charge in [0.1, 0.15) is 6.10 Å². The lowest BCUT2D eigenvalue weighted by molar-refractivity contribution is -0.153. The first-order valence-electron chi connectivity index (χ1n) is 13.7. The Balaban J connectivity index is 3.97. The maximum Gasteiger partial charge on any atom is 0.306 e.